The molecule has 0 bridgehead atoms. The average molecular weight is 385 g/mol. The van der Waals surface area contributed by atoms with Gasteiger partial charge in [0, 0.05) is 18.7 Å². The van der Waals surface area contributed by atoms with Crippen molar-refractivity contribution in [3.63, 3.8) is 0 Å². The van der Waals surface area contributed by atoms with Crippen LogP contribution in [0.3, 0.4) is 0 Å². The number of aromatic nitrogens is 2. The minimum absolute atomic E-state index is 0.0166. The van der Waals surface area contributed by atoms with Crippen molar-refractivity contribution < 1.29 is 14.3 Å². The van der Waals surface area contributed by atoms with E-state index in [1.165, 1.54) is 11.8 Å². The van der Waals surface area contributed by atoms with Crippen LogP contribution in [0.2, 0.25) is 0 Å². The molecule has 2 aromatic rings. The van der Waals surface area contributed by atoms with E-state index in [2.05, 4.69) is 10.2 Å². The molecule has 1 unspecified atom stereocenters. The van der Waals surface area contributed by atoms with Crippen LogP contribution in [-0.2, 0) is 14.3 Å². The van der Waals surface area contributed by atoms with Crippen molar-refractivity contribution in [2.45, 2.75) is 24.8 Å². The molecule has 1 fully saturated rings. The average Bonchev–Trinajstić information content (AvgIpc) is 2.73. The van der Waals surface area contributed by atoms with Crippen molar-refractivity contribution in [1.29, 1.82) is 0 Å². The first-order valence-corrected chi connectivity index (χ1v) is 10.1. The molecule has 7 heteroatoms. The van der Waals surface area contributed by atoms with E-state index in [9.17, 15) is 9.59 Å². The highest BCUT2D eigenvalue weighted by Crippen LogP contribution is 2.22. The fourth-order valence-corrected chi connectivity index (χ4v) is 3.76. The topological polar surface area (TPSA) is 72.4 Å². The van der Waals surface area contributed by atoms with Crippen LogP contribution in [-0.4, -0.2) is 52.4 Å². The Morgan fingerprint density at radius 1 is 1.19 bits per heavy atom. The van der Waals surface area contributed by atoms with Crippen LogP contribution in [0.5, 0.6) is 0 Å². The van der Waals surface area contributed by atoms with Crippen molar-refractivity contribution in [2.24, 2.45) is 5.92 Å². The number of carbonyl (C=O) groups is 2. The van der Waals surface area contributed by atoms with Gasteiger partial charge in [0.2, 0.25) is 5.91 Å². The van der Waals surface area contributed by atoms with Crippen molar-refractivity contribution in [3.8, 4) is 11.3 Å². The van der Waals surface area contributed by atoms with Crippen molar-refractivity contribution in [1.82, 2.24) is 15.1 Å². The third-order valence-corrected chi connectivity index (χ3v) is 5.35. The normalized spacial score (nSPS) is 16.8. The van der Waals surface area contributed by atoms with E-state index < -0.39 is 0 Å². The molecule has 142 valence electrons. The van der Waals surface area contributed by atoms with Gasteiger partial charge >= 0.3 is 5.97 Å². The van der Waals surface area contributed by atoms with Gasteiger partial charge in [-0.15, -0.1) is 10.2 Å². The number of likely N-dealkylation sites (tertiary alicyclic amines) is 1. The first-order chi connectivity index (χ1) is 13.2. The highest BCUT2D eigenvalue weighted by Gasteiger charge is 2.29. The Morgan fingerprint density at radius 2 is 2.00 bits per heavy atom. The lowest BCUT2D eigenvalue weighted by Crippen LogP contribution is -2.43. The van der Waals surface area contributed by atoms with Crippen LogP contribution in [0.15, 0.2) is 47.5 Å². The van der Waals surface area contributed by atoms with Gasteiger partial charge in [0.1, 0.15) is 5.03 Å². The van der Waals surface area contributed by atoms with Gasteiger partial charge in [0.15, 0.2) is 0 Å². The summed E-state index contributed by atoms with van der Waals surface area (Å²) in [5.74, 6) is -0.111. The van der Waals surface area contributed by atoms with Gasteiger partial charge in [-0.1, -0.05) is 42.1 Å². The first-order valence-electron chi connectivity index (χ1n) is 9.13. The Balaban J connectivity index is 1.52. The maximum atomic E-state index is 12.5. The molecule has 1 atom stereocenters. The van der Waals surface area contributed by atoms with E-state index >= 15 is 0 Å². The number of esters is 1. The van der Waals surface area contributed by atoms with Gasteiger partial charge in [-0.05, 0) is 31.9 Å². The molecular weight excluding hydrogens is 362 g/mol. The number of amides is 1. The molecule has 1 amide bonds. The number of rotatable bonds is 6. The van der Waals surface area contributed by atoms with Gasteiger partial charge in [-0.2, -0.15) is 0 Å². The molecule has 0 N–H and O–H groups in total. The van der Waals surface area contributed by atoms with Crippen molar-refractivity contribution in [3.05, 3.63) is 42.5 Å². The summed E-state index contributed by atoms with van der Waals surface area (Å²) >= 11 is 1.36. The second-order valence-electron chi connectivity index (χ2n) is 6.34. The zero-order chi connectivity index (χ0) is 19.1. The molecule has 27 heavy (non-hydrogen) atoms. The molecule has 6 nitrogen and oxygen atoms in total. The molecule has 0 saturated carbocycles. The first kappa shape index (κ1) is 19.4. The number of carbonyl (C=O) groups excluding carboxylic acids is 2. The van der Waals surface area contributed by atoms with Crippen LogP contribution in [0.25, 0.3) is 11.3 Å². The minimum atomic E-state index is -0.211. The van der Waals surface area contributed by atoms with Gasteiger partial charge in [0.25, 0.3) is 0 Å². The summed E-state index contributed by atoms with van der Waals surface area (Å²) < 4.78 is 5.09. The summed E-state index contributed by atoms with van der Waals surface area (Å²) in [4.78, 5) is 26.2. The zero-order valence-electron chi connectivity index (χ0n) is 15.3. The number of hydrogen-bond acceptors (Lipinski definition) is 6. The second-order valence-corrected chi connectivity index (χ2v) is 7.34. The van der Waals surface area contributed by atoms with E-state index in [0.717, 1.165) is 24.1 Å². The predicted molar refractivity (Wildman–Crippen MR) is 104 cm³/mol. The smallest absolute Gasteiger partial charge is 0.310 e. The Labute approximate surface area is 163 Å². The molecule has 1 aliphatic rings. The molecule has 1 aliphatic heterocycles. The fourth-order valence-electron chi connectivity index (χ4n) is 3.04. The number of nitrogens with zero attached hydrogens (tertiary/aromatic N) is 3. The number of piperidine rings is 1. The minimum Gasteiger partial charge on any atom is -0.466 e. The molecule has 0 radical (unpaired) electrons. The van der Waals surface area contributed by atoms with E-state index in [4.69, 9.17) is 4.74 Å². The molecule has 0 aliphatic carbocycles. The summed E-state index contributed by atoms with van der Waals surface area (Å²) in [6.45, 7) is 3.30. The van der Waals surface area contributed by atoms with Gasteiger partial charge in [-0.25, -0.2) is 0 Å². The summed E-state index contributed by atoms with van der Waals surface area (Å²) in [6.07, 6.45) is 1.60. The SMILES string of the molecule is CCOC(=O)C1CCCN(C(=O)CSc2ccc(-c3ccccc3)nn2)C1. The van der Waals surface area contributed by atoms with E-state index in [0.29, 0.717) is 24.7 Å². The van der Waals surface area contributed by atoms with Crippen LogP contribution in [0.1, 0.15) is 19.8 Å². The Hall–Kier alpha value is -2.41. The van der Waals surface area contributed by atoms with Crippen molar-refractivity contribution in [2.75, 3.05) is 25.4 Å². The predicted octanol–water partition coefficient (Wildman–Crippen LogP) is 3.04. The zero-order valence-corrected chi connectivity index (χ0v) is 16.2. The third-order valence-electron chi connectivity index (χ3n) is 4.45. The Kier molecular flexibility index (Phi) is 6.81. The largest absolute Gasteiger partial charge is 0.466 e. The lowest BCUT2D eigenvalue weighted by molar-refractivity contribution is -0.151. The van der Waals surface area contributed by atoms with Gasteiger partial charge < -0.3 is 9.64 Å². The van der Waals surface area contributed by atoms with Gasteiger partial charge in [-0.3, -0.25) is 9.59 Å². The summed E-state index contributed by atoms with van der Waals surface area (Å²) in [5, 5.41) is 9.16. The standard InChI is InChI=1S/C20H23N3O3S/c1-2-26-20(25)16-9-6-12-23(13-16)19(24)14-27-18-11-10-17(21-22-18)15-7-4-3-5-8-15/h3-5,7-8,10-11,16H,2,6,9,12-14H2,1H3. The summed E-state index contributed by atoms with van der Waals surface area (Å²) in [5.41, 5.74) is 1.82. The quantitative estimate of drug-likeness (QED) is 0.562. The molecule has 1 aromatic heterocycles. The number of thioether (sulfide) groups is 1. The monoisotopic (exact) mass is 385 g/mol. The maximum Gasteiger partial charge on any atom is 0.310 e. The number of benzene rings is 1. The fraction of sp³-hybridized carbons (Fsp3) is 0.400. The van der Waals surface area contributed by atoms with Crippen molar-refractivity contribution >= 4 is 23.6 Å². The van der Waals surface area contributed by atoms with Crippen LogP contribution >= 0.6 is 11.8 Å². The van der Waals surface area contributed by atoms with Crippen LogP contribution < -0.4 is 0 Å². The van der Waals surface area contributed by atoms with Gasteiger partial charge in [0.05, 0.1) is 24.0 Å². The van der Waals surface area contributed by atoms with E-state index in [-0.39, 0.29) is 23.5 Å². The summed E-state index contributed by atoms with van der Waals surface area (Å²) in [6, 6.07) is 13.6. The Morgan fingerprint density at radius 3 is 2.70 bits per heavy atom. The summed E-state index contributed by atoms with van der Waals surface area (Å²) in [7, 11) is 0. The van der Waals surface area contributed by atoms with Crippen LogP contribution in [0.4, 0.5) is 0 Å². The third kappa shape index (κ3) is 5.29. The molecule has 1 aromatic carbocycles. The second kappa shape index (κ2) is 9.50. The molecule has 3 rings (SSSR count). The molecule has 0 spiro atoms. The van der Waals surface area contributed by atoms with E-state index in [1.807, 2.05) is 42.5 Å². The lowest BCUT2D eigenvalue weighted by atomic mass is 9.98. The molecular formula is C20H23N3O3S. The number of ether oxygens (including phenoxy) is 1. The molecule has 2 heterocycles. The lowest BCUT2D eigenvalue weighted by Gasteiger charge is -2.31. The Bertz CT molecular complexity index is 768. The highest BCUT2D eigenvalue weighted by molar-refractivity contribution is 7.99. The highest BCUT2D eigenvalue weighted by atomic mass is 32.2. The number of hydrogen-bond donors (Lipinski definition) is 0. The van der Waals surface area contributed by atoms with Crippen LogP contribution in [0, 0.1) is 5.92 Å². The maximum absolute atomic E-state index is 12.5. The van der Waals surface area contributed by atoms with E-state index in [1.54, 1.807) is 11.8 Å². The molecule has 1 saturated heterocycles.